The van der Waals surface area contributed by atoms with Crippen LogP contribution in [0.5, 0.6) is 0 Å². The van der Waals surface area contributed by atoms with Gasteiger partial charge in [0.1, 0.15) is 0 Å². The molecule has 2 aromatic heterocycles. The molecule has 6 heteroatoms. The summed E-state index contributed by atoms with van der Waals surface area (Å²) in [6.07, 6.45) is 7.99. The van der Waals surface area contributed by atoms with Crippen LogP contribution in [0.15, 0.2) is 48.8 Å². The first kappa shape index (κ1) is 19.7. The Morgan fingerprint density at radius 1 is 1.03 bits per heavy atom. The lowest BCUT2D eigenvalue weighted by atomic mass is 9.99. The molecule has 2 aromatic carbocycles. The van der Waals surface area contributed by atoms with Gasteiger partial charge in [0, 0.05) is 56.9 Å². The predicted octanol–water partition coefficient (Wildman–Crippen LogP) is 3.85. The first-order valence-electron chi connectivity index (χ1n) is 10.8. The first-order chi connectivity index (χ1) is 15.2. The van der Waals surface area contributed by atoms with Crippen molar-refractivity contribution in [2.45, 2.75) is 13.5 Å². The van der Waals surface area contributed by atoms with Gasteiger partial charge in [-0.25, -0.2) is 0 Å². The number of nitrogens with one attached hydrogen (secondary N) is 2. The van der Waals surface area contributed by atoms with Crippen LogP contribution >= 0.6 is 0 Å². The van der Waals surface area contributed by atoms with Gasteiger partial charge in [0.05, 0.1) is 17.4 Å². The molecule has 3 heterocycles. The normalized spacial score (nSPS) is 15.3. The highest BCUT2D eigenvalue weighted by atomic mass is 15.2. The van der Waals surface area contributed by atoms with Gasteiger partial charge in [0.2, 0.25) is 0 Å². The quantitative estimate of drug-likeness (QED) is 0.523. The molecule has 0 radical (unpaired) electrons. The van der Waals surface area contributed by atoms with Crippen molar-refractivity contribution in [2.75, 3.05) is 26.2 Å². The Bertz CT molecular complexity index is 1210. The van der Waals surface area contributed by atoms with E-state index in [2.05, 4.69) is 81.0 Å². The topological polar surface area (TPSA) is 61.8 Å². The van der Waals surface area contributed by atoms with Crippen LogP contribution in [0.2, 0.25) is 0 Å². The number of nitrogens with zero attached hydrogens (tertiary/aromatic N) is 4. The number of aromatic amines is 1. The molecule has 158 valence electrons. The Labute approximate surface area is 182 Å². The van der Waals surface area contributed by atoms with E-state index in [-0.39, 0.29) is 0 Å². The van der Waals surface area contributed by atoms with E-state index in [1.54, 1.807) is 4.68 Å². The minimum Gasteiger partial charge on any atom is -0.314 e. The number of hydrogen-bond donors (Lipinski definition) is 2. The van der Waals surface area contributed by atoms with Gasteiger partial charge in [-0.1, -0.05) is 24.3 Å². The lowest BCUT2D eigenvalue weighted by Gasteiger charge is -2.27. The first-order valence-corrected chi connectivity index (χ1v) is 10.8. The SMILES string of the molecule is Cc1cc(-c2ccc(CN3CCNCC3)cc2)cc2c(/C=C/c3cnn(C)c3)[nH]nc12. The number of benzene rings is 2. The molecule has 0 amide bonds. The maximum absolute atomic E-state index is 4.54. The van der Waals surface area contributed by atoms with Gasteiger partial charge in [-0.05, 0) is 53.5 Å². The van der Waals surface area contributed by atoms with Crippen molar-refractivity contribution in [3.8, 4) is 11.1 Å². The van der Waals surface area contributed by atoms with Crippen molar-refractivity contribution >= 4 is 23.1 Å². The van der Waals surface area contributed by atoms with Crippen molar-refractivity contribution < 1.29 is 0 Å². The molecule has 1 aliphatic heterocycles. The number of aromatic nitrogens is 4. The van der Waals surface area contributed by atoms with E-state index in [1.165, 1.54) is 22.3 Å². The Kier molecular flexibility index (Phi) is 5.40. The van der Waals surface area contributed by atoms with E-state index < -0.39 is 0 Å². The Balaban J connectivity index is 1.41. The van der Waals surface area contributed by atoms with E-state index in [0.29, 0.717) is 0 Å². The van der Waals surface area contributed by atoms with E-state index in [0.717, 1.165) is 54.9 Å². The summed E-state index contributed by atoms with van der Waals surface area (Å²) in [6, 6.07) is 13.5. The molecule has 4 aromatic rings. The van der Waals surface area contributed by atoms with Crippen molar-refractivity contribution in [2.24, 2.45) is 7.05 Å². The van der Waals surface area contributed by atoms with Crippen molar-refractivity contribution in [1.82, 2.24) is 30.2 Å². The van der Waals surface area contributed by atoms with E-state index in [1.807, 2.05) is 19.4 Å². The van der Waals surface area contributed by atoms with Crippen molar-refractivity contribution in [3.05, 3.63) is 71.2 Å². The largest absolute Gasteiger partial charge is 0.314 e. The zero-order valence-electron chi connectivity index (χ0n) is 18.1. The van der Waals surface area contributed by atoms with Crippen molar-refractivity contribution in [1.29, 1.82) is 0 Å². The molecule has 2 N–H and O–H groups in total. The summed E-state index contributed by atoms with van der Waals surface area (Å²) in [6.45, 7) is 7.55. The lowest BCUT2D eigenvalue weighted by Crippen LogP contribution is -2.42. The predicted molar refractivity (Wildman–Crippen MR) is 127 cm³/mol. The smallest absolute Gasteiger partial charge is 0.0956 e. The van der Waals surface area contributed by atoms with Crippen LogP contribution in [0.1, 0.15) is 22.4 Å². The zero-order chi connectivity index (χ0) is 21.2. The number of aryl methyl sites for hydroxylation is 2. The standard InChI is InChI=1S/C25H28N6/c1-18-13-22(21-6-3-19(4-7-21)17-31-11-9-26-10-12-31)14-23-24(28-29-25(18)23)8-5-20-15-27-30(2)16-20/h3-8,13-16,26H,9-12,17H2,1-2H3,(H,28,29)/b8-5+. The molecule has 0 atom stereocenters. The molecule has 31 heavy (non-hydrogen) atoms. The van der Waals surface area contributed by atoms with Crippen LogP contribution in [-0.4, -0.2) is 51.1 Å². The number of fused-ring (bicyclic) bond motifs is 1. The second-order valence-electron chi connectivity index (χ2n) is 8.33. The molecule has 0 saturated carbocycles. The minimum absolute atomic E-state index is 1.01. The van der Waals surface area contributed by atoms with Gasteiger partial charge >= 0.3 is 0 Å². The van der Waals surface area contributed by atoms with E-state index >= 15 is 0 Å². The second kappa shape index (κ2) is 8.49. The summed E-state index contributed by atoms with van der Waals surface area (Å²) >= 11 is 0. The summed E-state index contributed by atoms with van der Waals surface area (Å²) in [4.78, 5) is 2.51. The van der Waals surface area contributed by atoms with Gasteiger partial charge in [-0.3, -0.25) is 14.7 Å². The van der Waals surface area contributed by atoms with Gasteiger partial charge in [-0.15, -0.1) is 0 Å². The molecular weight excluding hydrogens is 384 g/mol. The summed E-state index contributed by atoms with van der Waals surface area (Å²) < 4.78 is 1.80. The second-order valence-corrected chi connectivity index (χ2v) is 8.33. The number of hydrogen-bond acceptors (Lipinski definition) is 4. The Morgan fingerprint density at radius 3 is 2.58 bits per heavy atom. The third-order valence-electron chi connectivity index (χ3n) is 5.95. The van der Waals surface area contributed by atoms with Crippen LogP contribution in [0, 0.1) is 6.92 Å². The fraction of sp³-hybridized carbons (Fsp3) is 0.280. The van der Waals surface area contributed by atoms with Crippen LogP contribution < -0.4 is 5.32 Å². The molecule has 0 spiro atoms. The summed E-state index contributed by atoms with van der Waals surface area (Å²) in [7, 11) is 1.92. The third-order valence-corrected chi connectivity index (χ3v) is 5.95. The summed E-state index contributed by atoms with van der Waals surface area (Å²) in [5.41, 5.74) is 8.09. The highest BCUT2D eigenvalue weighted by Crippen LogP contribution is 2.29. The van der Waals surface area contributed by atoms with Gasteiger partial charge in [0.25, 0.3) is 0 Å². The average Bonchev–Trinajstić information content (AvgIpc) is 3.39. The van der Waals surface area contributed by atoms with E-state index in [9.17, 15) is 0 Å². The van der Waals surface area contributed by atoms with Gasteiger partial charge in [-0.2, -0.15) is 10.2 Å². The molecule has 1 fully saturated rings. The number of rotatable bonds is 5. The molecule has 0 unspecified atom stereocenters. The van der Waals surface area contributed by atoms with Crippen LogP contribution in [0.3, 0.4) is 0 Å². The molecule has 0 bridgehead atoms. The van der Waals surface area contributed by atoms with Gasteiger partial charge in [0.15, 0.2) is 0 Å². The van der Waals surface area contributed by atoms with Gasteiger partial charge < -0.3 is 5.32 Å². The molecule has 5 rings (SSSR count). The maximum atomic E-state index is 4.54. The highest BCUT2D eigenvalue weighted by Gasteiger charge is 2.11. The van der Waals surface area contributed by atoms with Crippen LogP contribution in [-0.2, 0) is 13.6 Å². The lowest BCUT2D eigenvalue weighted by molar-refractivity contribution is 0.233. The summed E-state index contributed by atoms with van der Waals surface area (Å²) in [5.74, 6) is 0. The monoisotopic (exact) mass is 412 g/mol. The number of H-pyrrole nitrogens is 1. The van der Waals surface area contributed by atoms with Crippen LogP contribution in [0.25, 0.3) is 34.2 Å². The highest BCUT2D eigenvalue weighted by molar-refractivity contribution is 5.94. The fourth-order valence-corrected chi connectivity index (χ4v) is 4.24. The number of piperazine rings is 1. The third kappa shape index (κ3) is 4.31. The molecule has 6 nitrogen and oxygen atoms in total. The van der Waals surface area contributed by atoms with E-state index in [4.69, 9.17) is 0 Å². The van der Waals surface area contributed by atoms with Crippen molar-refractivity contribution in [3.63, 3.8) is 0 Å². The zero-order valence-corrected chi connectivity index (χ0v) is 18.1. The Hall–Kier alpha value is -3.22. The molecular formula is C25H28N6. The minimum atomic E-state index is 1.01. The molecule has 1 saturated heterocycles. The average molecular weight is 413 g/mol. The molecule has 1 aliphatic rings. The Morgan fingerprint density at radius 2 is 1.84 bits per heavy atom. The maximum Gasteiger partial charge on any atom is 0.0956 e. The molecule has 0 aliphatic carbocycles. The van der Waals surface area contributed by atoms with Crippen LogP contribution in [0.4, 0.5) is 0 Å². The fourth-order valence-electron chi connectivity index (χ4n) is 4.24. The summed E-state index contributed by atoms with van der Waals surface area (Å²) in [5, 5.41) is 16.5.